The van der Waals surface area contributed by atoms with Gasteiger partial charge in [-0.15, -0.1) is 11.8 Å². The van der Waals surface area contributed by atoms with Gasteiger partial charge in [-0.05, 0) is 37.3 Å². The van der Waals surface area contributed by atoms with Gasteiger partial charge >= 0.3 is 0 Å². The molecule has 0 unspecified atom stereocenters. The number of nitrogens with zero attached hydrogens (tertiary/aromatic N) is 1. The van der Waals surface area contributed by atoms with E-state index < -0.39 is 0 Å². The van der Waals surface area contributed by atoms with Crippen molar-refractivity contribution in [3.63, 3.8) is 0 Å². The van der Waals surface area contributed by atoms with Gasteiger partial charge in [0.1, 0.15) is 5.75 Å². The summed E-state index contributed by atoms with van der Waals surface area (Å²) >= 11 is 1.45. The molecule has 0 spiro atoms. The van der Waals surface area contributed by atoms with Crippen LogP contribution in [0.4, 0.5) is 11.4 Å². The van der Waals surface area contributed by atoms with Gasteiger partial charge in [0.05, 0.1) is 24.6 Å². The second-order valence-electron chi connectivity index (χ2n) is 6.40. The van der Waals surface area contributed by atoms with Crippen LogP contribution in [0.5, 0.6) is 5.75 Å². The minimum absolute atomic E-state index is 0.0897. The Morgan fingerprint density at radius 1 is 1.25 bits per heavy atom. The van der Waals surface area contributed by atoms with E-state index in [0.717, 1.165) is 4.90 Å². The summed E-state index contributed by atoms with van der Waals surface area (Å²) in [7, 11) is 3.11. The highest BCUT2D eigenvalue weighted by molar-refractivity contribution is 8.00. The molecule has 3 rings (SSSR count). The van der Waals surface area contributed by atoms with Crippen LogP contribution in [0.15, 0.2) is 47.4 Å². The minimum Gasteiger partial charge on any atom is -0.497 e. The van der Waals surface area contributed by atoms with Crippen molar-refractivity contribution in [1.82, 2.24) is 4.90 Å². The minimum atomic E-state index is -0.320. The molecule has 0 aromatic heterocycles. The summed E-state index contributed by atoms with van der Waals surface area (Å²) in [6.45, 7) is 1.72. The number of fused-ring (bicyclic) bond motifs is 1. The Bertz CT molecular complexity index is 931. The van der Waals surface area contributed by atoms with Crippen LogP contribution in [0.1, 0.15) is 17.3 Å². The zero-order valence-electron chi connectivity index (χ0n) is 15.8. The number of rotatable bonds is 5. The van der Waals surface area contributed by atoms with E-state index in [1.165, 1.54) is 16.7 Å². The standard InChI is InChI=1S/C20H21N3O4S/c1-12-19(25)22-16-9-13(7-8-17(16)28-12)20(26)23(2)11-18(24)21-14-5-4-6-15(10-14)27-3/h4-10,12H,11H2,1-3H3,(H,21,24)(H,22,25)/t12-/m1/s1. The summed E-state index contributed by atoms with van der Waals surface area (Å²) in [5.74, 6) is -0.0835. The first-order valence-electron chi connectivity index (χ1n) is 8.68. The van der Waals surface area contributed by atoms with Crippen molar-refractivity contribution in [2.45, 2.75) is 17.1 Å². The van der Waals surface area contributed by atoms with Gasteiger partial charge in [-0.2, -0.15) is 0 Å². The van der Waals surface area contributed by atoms with E-state index >= 15 is 0 Å². The third-order valence-electron chi connectivity index (χ3n) is 4.24. The quantitative estimate of drug-likeness (QED) is 0.807. The van der Waals surface area contributed by atoms with Crippen LogP contribution < -0.4 is 15.4 Å². The second-order valence-corrected chi connectivity index (χ2v) is 7.78. The normalized spacial score (nSPS) is 15.2. The Kier molecular flexibility index (Phi) is 5.89. The molecule has 1 atom stereocenters. The Hall–Kier alpha value is -3.00. The number of thioether (sulfide) groups is 1. The maximum Gasteiger partial charge on any atom is 0.254 e. The van der Waals surface area contributed by atoms with Gasteiger partial charge in [-0.3, -0.25) is 14.4 Å². The van der Waals surface area contributed by atoms with Crippen molar-refractivity contribution in [1.29, 1.82) is 0 Å². The number of methoxy groups -OCH3 is 1. The van der Waals surface area contributed by atoms with Crippen molar-refractivity contribution in [3.05, 3.63) is 48.0 Å². The lowest BCUT2D eigenvalue weighted by Crippen LogP contribution is -2.35. The molecule has 0 saturated carbocycles. The lowest BCUT2D eigenvalue weighted by molar-refractivity contribution is -0.117. The molecule has 7 nitrogen and oxygen atoms in total. The predicted molar refractivity (Wildman–Crippen MR) is 109 cm³/mol. The number of likely N-dealkylation sites (N-methyl/N-ethyl adjacent to an activating group) is 1. The van der Waals surface area contributed by atoms with Gasteiger partial charge in [0.2, 0.25) is 11.8 Å². The monoisotopic (exact) mass is 399 g/mol. The number of benzene rings is 2. The average Bonchev–Trinajstić information content (AvgIpc) is 2.68. The molecule has 1 aliphatic heterocycles. The Labute approximate surface area is 167 Å². The fourth-order valence-electron chi connectivity index (χ4n) is 2.75. The molecular weight excluding hydrogens is 378 g/mol. The summed E-state index contributed by atoms with van der Waals surface area (Å²) in [5, 5.41) is 5.38. The SMILES string of the molecule is COc1cccc(NC(=O)CN(C)C(=O)c2ccc3c(c2)NC(=O)[C@@H](C)S3)c1. The lowest BCUT2D eigenvalue weighted by atomic mass is 10.1. The average molecular weight is 399 g/mol. The number of carbonyl (C=O) groups is 3. The van der Waals surface area contributed by atoms with Crippen LogP contribution in [0.25, 0.3) is 0 Å². The fourth-order valence-corrected chi connectivity index (χ4v) is 3.68. The highest BCUT2D eigenvalue weighted by Crippen LogP contribution is 2.36. The highest BCUT2D eigenvalue weighted by Gasteiger charge is 2.24. The maximum atomic E-state index is 12.7. The van der Waals surface area contributed by atoms with Crippen LogP contribution >= 0.6 is 11.8 Å². The molecule has 0 bridgehead atoms. The fraction of sp³-hybridized carbons (Fsp3) is 0.250. The molecule has 3 amide bonds. The molecular formula is C20H21N3O4S. The summed E-state index contributed by atoms with van der Waals surface area (Å²) in [4.78, 5) is 39.0. The van der Waals surface area contributed by atoms with Crippen LogP contribution in [0, 0.1) is 0 Å². The van der Waals surface area contributed by atoms with Crippen LogP contribution in [-0.2, 0) is 9.59 Å². The van der Waals surface area contributed by atoms with Crippen LogP contribution in [-0.4, -0.2) is 48.6 Å². The van der Waals surface area contributed by atoms with Gasteiger partial charge in [-0.1, -0.05) is 6.07 Å². The van der Waals surface area contributed by atoms with E-state index in [4.69, 9.17) is 4.74 Å². The molecule has 146 valence electrons. The number of hydrogen-bond donors (Lipinski definition) is 2. The number of amides is 3. The maximum absolute atomic E-state index is 12.7. The molecule has 0 saturated heterocycles. The van der Waals surface area contributed by atoms with E-state index in [0.29, 0.717) is 22.7 Å². The smallest absolute Gasteiger partial charge is 0.254 e. The first-order chi connectivity index (χ1) is 13.4. The molecule has 2 aromatic carbocycles. The summed E-state index contributed by atoms with van der Waals surface area (Å²) in [6.07, 6.45) is 0. The number of carbonyl (C=O) groups excluding carboxylic acids is 3. The molecule has 2 aromatic rings. The largest absolute Gasteiger partial charge is 0.497 e. The summed E-state index contributed by atoms with van der Waals surface area (Å²) < 4.78 is 5.13. The molecule has 1 aliphatic rings. The topological polar surface area (TPSA) is 87.7 Å². The number of nitrogens with one attached hydrogen (secondary N) is 2. The summed E-state index contributed by atoms with van der Waals surface area (Å²) in [5.41, 5.74) is 1.62. The molecule has 1 heterocycles. The summed E-state index contributed by atoms with van der Waals surface area (Å²) in [6, 6.07) is 12.1. The molecule has 0 aliphatic carbocycles. The van der Waals surface area contributed by atoms with Gasteiger partial charge < -0.3 is 20.3 Å². The van der Waals surface area contributed by atoms with Gasteiger partial charge in [-0.25, -0.2) is 0 Å². The van der Waals surface area contributed by atoms with E-state index in [1.54, 1.807) is 50.6 Å². The van der Waals surface area contributed by atoms with Crippen molar-refractivity contribution in [3.8, 4) is 5.75 Å². The second kappa shape index (κ2) is 8.35. The van der Waals surface area contributed by atoms with E-state index in [1.807, 2.05) is 13.0 Å². The third kappa shape index (κ3) is 4.45. The van der Waals surface area contributed by atoms with Crippen molar-refractivity contribution in [2.75, 3.05) is 31.3 Å². The van der Waals surface area contributed by atoms with Gasteiger partial charge in [0.25, 0.3) is 5.91 Å². The zero-order chi connectivity index (χ0) is 20.3. The van der Waals surface area contributed by atoms with Crippen molar-refractivity contribution in [2.24, 2.45) is 0 Å². The number of ether oxygens (including phenoxy) is 1. The van der Waals surface area contributed by atoms with E-state index in [9.17, 15) is 14.4 Å². The Morgan fingerprint density at radius 2 is 2.04 bits per heavy atom. The van der Waals surface area contributed by atoms with Crippen molar-refractivity contribution < 1.29 is 19.1 Å². The molecule has 0 radical (unpaired) electrons. The van der Waals surface area contributed by atoms with Crippen LogP contribution in [0.2, 0.25) is 0 Å². The van der Waals surface area contributed by atoms with Crippen LogP contribution in [0.3, 0.4) is 0 Å². The van der Waals surface area contributed by atoms with E-state index in [-0.39, 0.29) is 29.5 Å². The molecule has 2 N–H and O–H groups in total. The molecule has 0 fully saturated rings. The van der Waals surface area contributed by atoms with Gasteiger partial charge in [0.15, 0.2) is 0 Å². The third-order valence-corrected chi connectivity index (χ3v) is 5.42. The van der Waals surface area contributed by atoms with Gasteiger partial charge in [0, 0.05) is 29.3 Å². The number of anilines is 2. The van der Waals surface area contributed by atoms with Crippen molar-refractivity contribution >= 4 is 40.9 Å². The first kappa shape index (κ1) is 19.8. The Morgan fingerprint density at radius 3 is 2.79 bits per heavy atom. The lowest BCUT2D eigenvalue weighted by Gasteiger charge is -2.23. The Balaban J connectivity index is 1.65. The van der Waals surface area contributed by atoms with E-state index in [2.05, 4.69) is 10.6 Å². The number of hydrogen-bond acceptors (Lipinski definition) is 5. The molecule has 28 heavy (non-hydrogen) atoms. The predicted octanol–water partition coefficient (Wildman–Crippen LogP) is 2.84. The zero-order valence-corrected chi connectivity index (χ0v) is 16.6. The first-order valence-corrected chi connectivity index (χ1v) is 9.56. The highest BCUT2D eigenvalue weighted by atomic mass is 32.2. The molecule has 8 heteroatoms.